The quantitative estimate of drug-likeness (QED) is 0.867. The molecule has 1 aromatic rings. The van der Waals surface area contributed by atoms with Crippen molar-refractivity contribution < 1.29 is 14.3 Å². The molecule has 25 heavy (non-hydrogen) atoms. The second kappa shape index (κ2) is 6.84. The summed E-state index contributed by atoms with van der Waals surface area (Å²) in [4.78, 5) is 26.7. The summed E-state index contributed by atoms with van der Waals surface area (Å²) in [5.74, 6) is -0.0886. The summed E-state index contributed by atoms with van der Waals surface area (Å²) in [5.41, 5.74) is 0.590. The molecule has 2 saturated heterocycles. The number of fused-ring (bicyclic) bond motifs is 2. The van der Waals surface area contributed by atoms with Gasteiger partial charge in [-0.1, -0.05) is 23.7 Å². The Bertz CT molecular complexity index is 679. The number of nitrogens with one attached hydrogen (secondary N) is 2. The van der Waals surface area contributed by atoms with Crippen molar-refractivity contribution in [2.45, 2.75) is 43.9 Å². The number of anilines is 1. The monoisotopic (exact) mass is 363 g/mol. The largest absolute Gasteiger partial charge is 0.370 e. The maximum atomic E-state index is 12.5. The molecule has 0 radical (unpaired) electrons. The Morgan fingerprint density at radius 1 is 1.20 bits per heavy atom. The standard InChI is InChI=1S/C18H22ClN3O3/c19-14-6-1-2-7-15(14)21-18(24)22-9-12-8-13(16(10-22)25-12)17(23)20-11-4-3-5-11/h1-2,6-7,11-13,16H,3-5,8-10H2,(H,20,23)(H,21,24)/t12-,13+,16-/m1/s1. The second-order valence-electron chi connectivity index (χ2n) is 7.09. The molecular formula is C18H22ClN3O3. The van der Waals surface area contributed by atoms with Gasteiger partial charge in [0.25, 0.3) is 0 Å². The fourth-order valence-corrected chi connectivity index (χ4v) is 3.90. The van der Waals surface area contributed by atoms with Crippen molar-refractivity contribution in [3.63, 3.8) is 0 Å². The van der Waals surface area contributed by atoms with Crippen LogP contribution in [0.2, 0.25) is 5.02 Å². The molecule has 1 saturated carbocycles. The van der Waals surface area contributed by atoms with E-state index in [9.17, 15) is 9.59 Å². The summed E-state index contributed by atoms with van der Waals surface area (Å²) in [6.45, 7) is 0.926. The van der Waals surface area contributed by atoms with Crippen molar-refractivity contribution >= 4 is 29.2 Å². The lowest BCUT2D eigenvalue weighted by molar-refractivity contribution is -0.128. The molecular weight excluding hydrogens is 342 g/mol. The Morgan fingerprint density at radius 2 is 2.00 bits per heavy atom. The highest BCUT2D eigenvalue weighted by molar-refractivity contribution is 6.33. The highest BCUT2D eigenvalue weighted by Gasteiger charge is 2.46. The molecule has 3 aliphatic rings. The SMILES string of the molecule is O=C(NC1CCC1)[C@H]1C[C@@H]2CN(C(=O)Nc3ccccc3Cl)C[C@H]1O2. The molecule has 3 amide bonds. The van der Waals surface area contributed by atoms with Gasteiger partial charge in [-0.2, -0.15) is 0 Å². The highest BCUT2D eigenvalue weighted by Crippen LogP contribution is 2.33. The van der Waals surface area contributed by atoms with Gasteiger partial charge in [0.15, 0.2) is 0 Å². The van der Waals surface area contributed by atoms with Crippen LogP contribution in [0.5, 0.6) is 0 Å². The van der Waals surface area contributed by atoms with Crippen molar-refractivity contribution in [1.82, 2.24) is 10.2 Å². The van der Waals surface area contributed by atoms with Gasteiger partial charge in [0.1, 0.15) is 0 Å². The zero-order valence-corrected chi connectivity index (χ0v) is 14.7. The summed E-state index contributed by atoms with van der Waals surface area (Å²) >= 11 is 6.10. The van der Waals surface area contributed by atoms with Crippen molar-refractivity contribution in [2.75, 3.05) is 18.4 Å². The first-order valence-electron chi connectivity index (χ1n) is 8.86. The van der Waals surface area contributed by atoms with E-state index < -0.39 is 0 Å². The molecule has 0 spiro atoms. The summed E-state index contributed by atoms with van der Waals surface area (Å²) in [5, 5.41) is 6.45. The first kappa shape index (κ1) is 16.7. The lowest BCUT2D eigenvalue weighted by Gasteiger charge is -2.33. The van der Waals surface area contributed by atoms with Crippen LogP contribution in [0.4, 0.5) is 10.5 Å². The van der Waals surface area contributed by atoms with E-state index in [4.69, 9.17) is 16.3 Å². The van der Waals surface area contributed by atoms with Gasteiger partial charge in [-0.15, -0.1) is 0 Å². The van der Waals surface area contributed by atoms with Gasteiger partial charge in [0.2, 0.25) is 5.91 Å². The maximum Gasteiger partial charge on any atom is 0.322 e. The van der Waals surface area contributed by atoms with Crippen molar-refractivity contribution in [3.8, 4) is 0 Å². The number of para-hydroxylation sites is 1. The highest BCUT2D eigenvalue weighted by atomic mass is 35.5. The molecule has 4 rings (SSSR count). The number of rotatable bonds is 3. The molecule has 3 atom stereocenters. The summed E-state index contributed by atoms with van der Waals surface area (Å²) in [6.07, 6.45) is 3.70. The number of amides is 3. The van der Waals surface area contributed by atoms with E-state index in [2.05, 4.69) is 10.6 Å². The predicted molar refractivity (Wildman–Crippen MR) is 94.6 cm³/mol. The van der Waals surface area contributed by atoms with Gasteiger partial charge in [0.05, 0.1) is 28.8 Å². The molecule has 7 heteroatoms. The van der Waals surface area contributed by atoms with E-state index in [0.29, 0.717) is 36.3 Å². The topological polar surface area (TPSA) is 70.7 Å². The number of ether oxygens (including phenoxy) is 1. The Hall–Kier alpha value is -1.79. The summed E-state index contributed by atoms with van der Waals surface area (Å²) in [7, 11) is 0. The van der Waals surface area contributed by atoms with Crippen LogP contribution in [-0.4, -0.2) is 48.2 Å². The minimum Gasteiger partial charge on any atom is -0.370 e. The Labute approximate surface area is 151 Å². The molecule has 2 aliphatic heterocycles. The van der Waals surface area contributed by atoms with Crippen LogP contribution in [0.25, 0.3) is 0 Å². The van der Waals surface area contributed by atoms with Gasteiger partial charge in [-0.3, -0.25) is 4.79 Å². The number of carbonyl (C=O) groups is 2. The van der Waals surface area contributed by atoms with Gasteiger partial charge in [0, 0.05) is 19.1 Å². The molecule has 6 nitrogen and oxygen atoms in total. The van der Waals surface area contributed by atoms with E-state index in [1.807, 2.05) is 12.1 Å². The summed E-state index contributed by atoms with van der Waals surface area (Å²) in [6, 6.07) is 7.27. The van der Waals surface area contributed by atoms with Gasteiger partial charge < -0.3 is 20.3 Å². The van der Waals surface area contributed by atoms with Crippen LogP contribution < -0.4 is 10.6 Å². The maximum absolute atomic E-state index is 12.5. The average molecular weight is 364 g/mol. The number of urea groups is 1. The molecule has 1 aliphatic carbocycles. The third-order valence-electron chi connectivity index (χ3n) is 5.35. The minimum atomic E-state index is -0.226. The molecule has 3 fully saturated rings. The normalized spacial score (nSPS) is 28.4. The number of hydrogen-bond acceptors (Lipinski definition) is 3. The zero-order chi connectivity index (χ0) is 17.4. The molecule has 0 aromatic heterocycles. The minimum absolute atomic E-state index is 0.0746. The molecule has 134 valence electrons. The predicted octanol–water partition coefficient (Wildman–Crippen LogP) is 2.63. The Balaban J connectivity index is 1.37. The number of likely N-dealkylation sites (tertiary alicyclic amines) is 1. The number of halogens is 1. The molecule has 2 bridgehead atoms. The smallest absolute Gasteiger partial charge is 0.322 e. The first-order valence-corrected chi connectivity index (χ1v) is 9.24. The number of hydrogen-bond donors (Lipinski definition) is 2. The van der Waals surface area contributed by atoms with Crippen LogP contribution in [0, 0.1) is 5.92 Å². The zero-order valence-electron chi connectivity index (χ0n) is 13.9. The number of morpholine rings is 1. The van der Waals surface area contributed by atoms with Gasteiger partial charge >= 0.3 is 6.03 Å². The third-order valence-corrected chi connectivity index (χ3v) is 5.68. The van der Waals surface area contributed by atoms with Crippen LogP contribution in [0.15, 0.2) is 24.3 Å². The van der Waals surface area contributed by atoms with Crippen LogP contribution in [0.3, 0.4) is 0 Å². The fourth-order valence-electron chi connectivity index (χ4n) is 3.72. The third kappa shape index (κ3) is 3.46. The Morgan fingerprint density at radius 3 is 2.72 bits per heavy atom. The molecule has 2 N–H and O–H groups in total. The van der Waals surface area contributed by atoms with E-state index in [-0.39, 0.29) is 30.1 Å². The first-order chi connectivity index (χ1) is 12.1. The average Bonchev–Trinajstić information content (AvgIpc) is 2.87. The summed E-state index contributed by atoms with van der Waals surface area (Å²) < 4.78 is 5.91. The van der Waals surface area contributed by atoms with Gasteiger partial charge in [-0.05, 0) is 37.8 Å². The lowest BCUT2D eigenvalue weighted by Crippen LogP contribution is -2.50. The van der Waals surface area contributed by atoms with E-state index in [1.54, 1.807) is 17.0 Å². The van der Waals surface area contributed by atoms with E-state index in [0.717, 1.165) is 12.8 Å². The van der Waals surface area contributed by atoms with Crippen LogP contribution in [0.1, 0.15) is 25.7 Å². The van der Waals surface area contributed by atoms with E-state index >= 15 is 0 Å². The van der Waals surface area contributed by atoms with Gasteiger partial charge in [-0.25, -0.2) is 4.79 Å². The van der Waals surface area contributed by atoms with Crippen molar-refractivity contribution in [3.05, 3.63) is 29.3 Å². The fraction of sp³-hybridized carbons (Fsp3) is 0.556. The van der Waals surface area contributed by atoms with E-state index in [1.165, 1.54) is 6.42 Å². The molecule has 0 unspecified atom stereocenters. The van der Waals surface area contributed by atoms with Crippen LogP contribution >= 0.6 is 11.6 Å². The van der Waals surface area contributed by atoms with Crippen molar-refractivity contribution in [1.29, 1.82) is 0 Å². The number of carbonyl (C=O) groups excluding carboxylic acids is 2. The van der Waals surface area contributed by atoms with Crippen molar-refractivity contribution in [2.24, 2.45) is 5.92 Å². The number of nitrogens with zero attached hydrogens (tertiary/aromatic N) is 1. The number of benzene rings is 1. The molecule has 1 aromatic carbocycles. The Kier molecular flexibility index (Phi) is 4.56. The van der Waals surface area contributed by atoms with Crippen LogP contribution in [-0.2, 0) is 9.53 Å². The second-order valence-corrected chi connectivity index (χ2v) is 7.50. The lowest BCUT2D eigenvalue weighted by atomic mass is 9.91. The molecule has 2 heterocycles.